The Morgan fingerprint density at radius 3 is 2.07 bits per heavy atom. The lowest BCUT2D eigenvalue weighted by molar-refractivity contribution is -0.141. The van der Waals surface area contributed by atoms with Crippen LogP contribution in [0.25, 0.3) is 11.3 Å². The summed E-state index contributed by atoms with van der Waals surface area (Å²) < 4.78 is 9.59. The predicted octanol–water partition coefficient (Wildman–Crippen LogP) is 2.39. The minimum atomic E-state index is -0.832. The van der Waals surface area contributed by atoms with Crippen molar-refractivity contribution in [3.8, 4) is 23.4 Å². The number of ether oxygens (including phenoxy) is 2. The number of hydrogen-bond acceptors (Lipinski definition) is 8. The number of rotatable bonds is 6. The smallest absolute Gasteiger partial charge is 0.305 e. The molecule has 0 amide bonds. The molecule has 0 radical (unpaired) electrons. The first-order valence-electron chi connectivity index (χ1n) is 8.97. The van der Waals surface area contributed by atoms with E-state index < -0.39 is 17.4 Å². The molecule has 0 aliphatic heterocycles. The Labute approximate surface area is 167 Å². The number of aromatic nitrogens is 2. The quantitative estimate of drug-likeness (QED) is 0.688. The van der Waals surface area contributed by atoms with E-state index in [0.29, 0.717) is 24.2 Å². The lowest BCUT2D eigenvalue weighted by Crippen LogP contribution is -2.29. The van der Waals surface area contributed by atoms with Gasteiger partial charge in [-0.15, -0.1) is 0 Å². The first-order valence-corrected chi connectivity index (χ1v) is 8.97. The van der Waals surface area contributed by atoms with Crippen LogP contribution in [0.2, 0.25) is 0 Å². The Kier molecular flexibility index (Phi) is 5.56. The Morgan fingerprint density at radius 1 is 0.966 bits per heavy atom. The van der Waals surface area contributed by atoms with Gasteiger partial charge in [-0.25, -0.2) is 9.97 Å². The minimum absolute atomic E-state index is 0.0576. The van der Waals surface area contributed by atoms with Crippen LogP contribution in [-0.4, -0.2) is 36.1 Å². The molecule has 0 bridgehead atoms. The molecule has 146 valence electrons. The molecule has 8 nitrogen and oxygen atoms in total. The van der Waals surface area contributed by atoms with Crippen molar-refractivity contribution < 1.29 is 19.1 Å². The van der Waals surface area contributed by atoms with Crippen molar-refractivity contribution in [2.24, 2.45) is 0 Å². The summed E-state index contributed by atoms with van der Waals surface area (Å²) in [6.45, 7) is 0. The number of nitrogens with zero attached hydrogens (tertiary/aromatic N) is 4. The third-order valence-corrected chi connectivity index (χ3v) is 5.23. The molecule has 0 fully saturated rings. The van der Waals surface area contributed by atoms with Crippen LogP contribution in [-0.2, 0) is 24.5 Å². The van der Waals surface area contributed by atoms with Crippen molar-refractivity contribution in [3.63, 3.8) is 0 Å². The van der Waals surface area contributed by atoms with E-state index >= 15 is 0 Å². The summed E-state index contributed by atoms with van der Waals surface area (Å²) in [4.78, 5) is 32.7. The van der Waals surface area contributed by atoms with Crippen LogP contribution in [0.5, 0.6) is 0 Å². The van der Waals surface area contributed by atoms with E-state index in [1.807, 2.05) is 36.4 Å². The van der Waals surface area contributed by atoms with Crippen LogP contribution in [0, 0.1) is 22.7 Å². The van der Waals surface area contributed by atoms with Gasteiger partial charge in [-0.1, -0.05) is 24.3 Å². The molecule has 0 N–H and O–H groups in total. The molecule has 0 unspecified atom stereocenters. The van der Waals surface area contributed by atoms with Crippen molar-refractivity contribution >= 4 is 11.9 Å². The Bertz CT molecular complexity index is 1050. The van der Waals surface area contributed by atoms with E-state index in [1.165, 1.54) is 14.2 Å². The highest BCUT2D eigenvalue weighted by Crippen LogP contribution is 2.52. The molecule has 2 aromatic rings. The van der Waals surface area contributed by atoms with Gasteiger partial charge >= 0.3 is 11.9 Å². The Hall–Kier alpha value is -3.78. The van der Waals surface area contributed by atoms with Crippen molar-refractivity contribution in [1.29, 1.82) is 10.5 Å². The first kappa shape index (κ1) is 20.0. The zero-order chi connectivity index (χ0) is 21.0. The van der Waals surface area contributed by atoms with Crippen molar-refractivity contribution in [1.82, 2.24) is 9.97 Å². The maximum Gasteiger partial charge on any atom is 0.305 e. The first-order chi connectivity index (χ1) is 14.0. The molecule has 0 saturated carbocycles. The zero-order valence-electron chi connectivity index (χ0n) is 16.1. The fraction of sp³-hybridized carbons (Fsp3) is 0.333. The molecule has 0 saturated heterocycles. The largest absolute Gasteiger partial charge is 0.469 e. The molecule has 1 aliphatic carbocycles. The third kappa shape index (κ3) is 3.41. The van der Waals surface area contributed by atoms with Crippen molar-refractivity contribution in [3.05, 3.63) is 46.9 Å². The van der Waals surface area contributed by atoms with E-state index in [4.69, 9.17) is 9.47 Å². The molecule has 1 aromatic heterocycles. The molecule has 1 heterocycles. The van der Waals surface area contributed by atoms with Crippen LogP contribution < -0.4 is 0 Å². The van der Waals surface area contributed by atoms with E-state index in [-0.39, 0.29) is 24.2 Å². The highest BCUT2D eigenvalue weighted by atomic mass is 16.5. The molecule has 3 rings (SSSR count). The summed E-state index contributed by atoms with van der Waals surface area (Å²) in [7, 11) is 2.62. The summed E-state index contributed by atoms with van der Waals surface area (Å²) in [6, 6.07) is 11.3. The van der Waals surface area contributed by atoms with Gasteiger partial charge in [0.2, 0.25) is 0 Å². The molecule has 0 spiro atoms. The number of nitriles is 2. The van der Waals surface area contributed by atoms with E-state index in [1.54, 1.807) is 0 Å². The SMILES string of the molecule is COC(=O)CCC1(CCC(=O)OC)c2ccccc2-c2nc(C#N)c(C#N)nc21. The van der Waals surface area contributed by atoms with Gasteiger partial charge in [-0.05, 0) is 18.4 Å². The van der Waals surface area contributed by atoms with Gasteiger partial charge in [0.05, 0.1) is 25.6 Å². The lowest BCUT2D eigenvalue weighted by Gasteiger charge is -2.30. The second kappa shape index (κ2) is 8.07. The van der Waals surface area contributed by atoms with Crippen LogP contribution >= 0.6 is 0 Å². The standard InChI is InChI=1S/C21H18N4O4/c1-28-17(26)7-9-21(10-8-18(27)29-2)14-6-4-3-5-13(14)19-20(21)25-16(12-23)15(11-22)24-19/h3-6H,7-10H2,1-2H3. The van der Waals surface area contributed by atoms with E-state index in [2.05, 4.69) is 9.97 Å². The fourth-order valence-electron chi connectivity index (χ4n) is 3.81. The molecular weight excluding hydrogens is 372 g/mol. The number of carbonyl (C=O) groups is 2. The Balaban J connectivity index is 2.23. The molecule has 1 aliphatic rings. The molecular formula is C21H18N4O4. The van der Waals surface area contributed by atoms with Gasteiger partial charge in [0.25, 0.3) is 0 Å². The minimum Gasteiger partial charge on any atom is -0.469 e. The van der Waals surface area contributed by atoms with Crippen LogP contribution in [0.1, 0.15) is 48.3 Å². The normalized spacial score (nSPS) is 12.8. The number of methoxy groups -OCH3 is 2. The van der Waals surface area contributed by atoms with E-state index in [9.17, 15) is 20.1 Å². The molecule has 0 atom stereocenters. The summed E-state index contributed by atoms with van der Waals surface area (Å²) in [5.74, 6) is -0.786. The van der Waals surface area contributed by atoms with Gasteiger partial charge in [0, 0.05) is 23.8 Å². The second-order valence-electron chi connectivity index (χ2n) is 6.62. The summed E-state index contributed by atoms with van der Waals surface area (Å²) in [5, 5.41) is 18.8. The van der Waals surface area contributed by atoms with Gasteiger partial charge < -0.3 is 9.47 Å². The number of hydrogen-bond donors (Lipinski definition) is 0. The zero-order valence-corrected chi connectivity index (χ0v) is 16.1. The maximum atomic E-state index is 11.9. The number of esters is 2. The summed E-state index contributed by atoms with van der Waals surface area (Å²) in [5.41, 5.74) is 1.62. The monoisotopic (exact) mass is 390 g/mol. The van der Waals surface area contributed by atoms with Gasteiger partial charge in [0.15, 0.2) is 11.4 Å². The molecule has 29 heavy (non-hydrogen) atoms. The third-order valence-electron chi connectivity index (χ3n) is 5.23. The van der Waals surface area contributed by atoms with Crippen molar-refractivity contribution in [2.75, 3.05) is 14.2 Å². The Morgan fingerprint density at radius 2 is 1.52 bits per heavy atom. The number of carbonyl (C=O) groups excluding carboxylic acids is 2. The summed E-state index contributed by atoms with van der Waals surface area (Å²) >= 11 is 0. The highest BCUT2D eigenvalue weighted by Gasteiger charge is 2.46. The van der Waals surface area contributed by atoms with Crippen LogP contribution in [0.15, 0.2) is 24.3 Å². The molecule has 8 heteroatoms. The van der Waals surface area contributed by atoms with Gasteiger partial charge in [0.1, 0.15) is 12.1 Å². The molecule has 1 aromatic carbocycles. The number of fused-ring (bicyclic) bond motifs is 3. The average molecular weight is 390 g/mol. The topological polar surface area (TPSA) is 126 Å². The van der Waals surface area contributed by atoms with Gasteiger partial charge in [-0.3, -0.25) is 9.59 Å². The average Bonchev–Trinajstić information content (AvgIpc) is 3.04. The van der Waals surface area contributed by atoms with Crippen molar-refractivity contribution in [2.45, 2.75) is 31.1 Å². The lowest BCUT2D eigenvalue weighted by atomic mass is 9.73. The van der Waals surface area contributed by atoms with E-state index in [0.717, 1.165) is 11.1 Å². The summed E-state index contributed by atoms with van der Waals surface area (Å²) in [6.07, 6.45) is 0.808. The fourth-order valence-corrected chi connectivity index (χ4v) is 3.81. The van der Waals surface area contributed by atoms with Crippen LogP contribution in [0.4, 0.5) is 0 Å². The number of benzene rings is 1. The highest BCUT2D eigenvalue weighted by molar-refractivity contribution is 5.79. The maximum absolute atomic E-state index is 11.9. The van der Waals surface area contributed by atoms with Gasteiger partial charge in [-0.2, -0.15) is 10.5 Å². The predicted molar refractivity (Wildman–Crippen MR) is 100 cm³/mol. The second-order valence-corrected chi connectivity index (χ2v) is 6.62. The van der Waals surface area contributed by atoms with Crippen LogP contribution in [0.3, 0.4) is 0 Å².